The van der Waals surface area contributed by atoms with Gasteiger partial charge in [-0.15, -0.1) is 11.8 Å². The molecule has 0 radical (unpaired) electrons. The number of nitrogens with one attached hydrogen (secondary N) is 1. The Morgan fingerprint density at radius 1 is 1.17 bits per heavy atom. The van der Waals surface area contributed by atoms with Gasteiger partial charge in [0.1, 0.15) is 0 Å². The van der Waals surface area contributed by atoms with Crippen LogP contribution in [0.5, 0.6) is 0 Å². The van der Waals surface area contributed by atoms with E-state index in [0.717, 1.165) is 17.7 Å². The van der Waals surface area contributed by atoms with E-state index in [2.05, 4.69) is 5.32 Å². The summed E-state index contributed by atoms with van der Waals surface area (Å²) in [4.78, 5) is 11.7. The van der Waals surface area contributed by atoms with Crippen LogP contribution in [0.4, 0.5) is 18.9 Å². The summed E-state index contributed by atoms with van der Waals surface area (Å²) in [6.45, 7) is 0. The zero-order chi connectivity index (χ0) is 16.8. The molecule has 0 bridgehead atoms. The first-order valence-electron chi connectivity index (χ1n) is 6.51. The average molecular weight is 336 g/mol. The quantitative estimate of drug-likeness (QED) is 0.844. The van der Waals surface area contributed by atoms with Crippen LogP contribution in [0.1, 0.15) is 11.1 Å². The summed E-state index contributed by atoms with van der Waals surface area (Å²) in [6, 6.07) is 10.7. The van der Waals surface area contributed by atoms with Crippen LogP contribution in [0, 0.1) is 28.8 Å². The van der Waals surface area contributed by atoms with Crippen LogP contribution >= 0.6 is 11.8 Å². The van der Waals surface area contributed by atoms with Crippen molar-refractivity contribution < 1.29 is 18.0 Å². The van der Waals surface area contributed by atoms with E-state index in [9.17, 15) is 18.0 Å². The lowest BCUT2D eigenvalue weighted by atomic mass is 10.2. The second-order valence-electron chi connectivity index (χ2n) is 4.58. The zero-order valence-corrected chi connectivity index (χ0v) is 12.6. The summed E-state index contributed by atoms with van der Waals surface area (Å²) in [5.74, 6) is -4.39. The van der Waals surface area contributed by atoms with E-state index in [1.165, 1.54) is 11.8 Å². The Labute approximate surface area is 135 Å². The molecule has 2 aromatic rings. The first kappa shape index (κ1) is 16.9. The van der Waals surface area contributed by atoms with Gasteiger partial charge in [0.2, 0.25) is 5.91 Å². The molecule has 23 heavy (non-hydrogen) atoms. The molecule has 0 unspecified atom stereocenters. The van der Waals surface area contributed by atoms with E-state index >= 15 is 0 Å². The largest absolute Gasteiger partial charge is 0.323 e. The highest BCUT2D eigenvalue weighted by Crippen LogP contribution is 2.20. The number of nitriles is 1. The number of carbonyl (C=O) groups is 1. The van der Waals surface area contributed by atoms with Gasteiger partial charge in [0, 0.05) is 5.75 Å². The topological polar surface area (TPSA) is 52.9 Å². The molecule has 3 nitrogen and oxygen atoms in total. The maximum Gasteiger partial charge on any atom is 0.234 e. The van der Waals surface area contributed by atoms with Crippen LogP contribution in [0.25, 0.3) is 0 Å². The predicted molar refractivity (Wildman–Crippen MR) is 82.3 cm³/mol. The van der Waals surface area contributed by atoms with Crippen molar-refractivity contribution in [2.24, 2.45) is 0 Å². The standard InChI is InChI=1S/C16H11F3N2OS/c17-12-4-5-13(16(19)15(12)18)21-14(22)9-23-8-11-3-1-2-10(6-11)7-20/h1-6H,8-9H2,(H,21,22). The molecule has 0 aromatic heterocycles. The Bertz CT molecular complexity index is 774. The Morgan fingerprint density at radius 3 is 2.70 bits per heavy atom. The Hall–Kier alpha value is -2.46. The van der Waals surface area contributed by atoms with Gasteiger partial charge in [-0.25, -0.2) is 13.2 Å². The van der Waals surface area contributed by atoms with Crippen LogP contribution in [-0.4, -0.2) is 11.7 Å². The minimum Gasteiger partial charge on any atom is -0.323 e. The van der Waals surface area contributed by atoms with Crippen molar-refractivity contribution in [3.63, 3.8) is 0 Å². The summed E-state index contributed by atoms with van der Waals surface area (Å²) in [6.07, 6.45) is 0. The maximum atomic E-state index is 13.4. The van der Waals surface area contributed by atoms with Gasteiger partial charge in [0.15, 0.2) is 17.5 Å². The second-order valence-corrected chi connectivity index (χ2v) is 5.56. The molecule has 0 heterocycles. The van der Waals surface area contributed by atoms with Gasteiger partial charge >= 0.3 is 0 Å². The fourth-order valence-electron chi connectivity index (χ4n) is 1.80. The van der Waals surface area contributed by atoms with Gasteiger partial charge in [-0.05, 0) is 29.8 Å². The summed E-state index contributed by atoms with van der Waals surface area (Å²) in [5.41, 5.74) is 0.998. The minimum atomic E-state index is -1.62. The number of hydrogen-bond acceptors (Lipinski definition) is 3. The molecule has 0 saturated heterocycles. The molecule has 0 aliphatic carbocycles. The van der Waals surface area contributed by atoms with E-state index < -0.39 is 29.0 Å². The van der Waals surface area contributed by atoms with Crippen LogP contribution in [0.3, 0.4) is 0 Å². The molecule has 0 spiro atoms. The van der Waals surface area contributed by atoms with Crippen LogP contribution in [0.2, 0.25) is 0 Å². The monoisotopic (exact) mass is 336 g/mol. The van der Waals surface area contributed by atoms with Gasteiger partial charge in [-0.3, -0.25) is 4.79 Å². The van der Waals surface area contributed by atoms with Crippen LogP contribution in [-0.2, 0) is 10.5 Å². The van der Waals surface area contributed by atoms with Crippen molar-refractivity contribution in [1.29, 1.82) is 5.26 Å². The third-order valence-corrected chi connectivity index (χ3v) is 3.87. The van der Waals surface area contributed by atoms with E-state index in [-0.39, 0.29) is 5.75 Å². The molecular formula is C16H11F3N2OS. The van der Waals surface area contributed by atoms with E-state index in [4.69, 9.17) is 5.26 Å². The van der Waals surface area contributed by atoms with E-state index in [0.29, 0.717) is 11.3 Å². The fourth-order valence-corrected chi connectivity index (χ4v) is 2.58. The van der Waals surface area contributed by atoms with Crippen molar-refractivity contribution in [3.8, 4) is 6.07 Å². The van der Waals surface area contributed by atoms with E-state index in [1.807, 2.05) is 12.1 Å². The van der Waals surface area contributed by atoms with Crippen LogP contribution in [0.15, 0.2) is 36.4 Å². The maximum absolute atomic E-state index is 13.4. The minimum absolute atomic E-state index is 0.00914. The molecular weight excluding hydrogens is 325 g/mol. The smallest absolute Gasteiger partial charge is 0.234 e. The van der Waals surface area contributed by atoms with Gasteiger partial charge < -0.3 is 5.32 Å². The fraction of sp³-hybridized carbons (Fsp3) is 0.125. The molecule has 0 atom stereocenters. The summed E-state index contributed by atoms with van der Waals surface area (Å²) in [5, 5.41) is 11.0. The predicted octanol–water partition coefficient (Wildman–Crippen LogP) is 3.85. The molecule has 118 valence electrons. The second kappa shape index (κ2) is 7.70. The number of carbonyl (C=O) groups excluding carboxylic acids is 1. The van der Waals surface area contributed by atoms with Crippen LogP contribution < -0.4 is 5.32 Å². The highest BCUT2D eigenvalue weighted by atomic mass is 32.2. The number of nitrogens with zero attached hydrogens (tertiary/aromatic N) is 1. The number of amides is 1. The van der Waals surface area contributed by atoms with Crippen molar-refractivity contribution >= 4 is 23.4 Å². The zero-order valence-electron chi connectivity index (χ0n) is 11.8. The number of benzene rings is 2. The van der Waals surface area contributed by atoms with Crippen molar-refractivity contribution in [3.05, 3.63) is 65.0 Å². The average Bonchev–Trinajstić information content (AvgIpc) is 2.55. The lowest BCUT2D eigenvalue weighted by molar-refractivity contribution is -0.113. The van der Waals surface area contributed by atoms with Crippen molar-refractivity contribution in [2.45, 2.75) is 5.75 Å². The van der Waals surface area contributed by atoms with Crippen molar-refractivity contribution in [1.82, 2.24) is 0 Å². The van der Waals surface area contributed by atoms with Crippen molar-refractivity contribution in [2.75, 3.05) is 11.1 Å². The highest BCUT2D eigenvalue weighted by Gasteiger charge is 2.15. The molecule has 2 aromatic carbocycles. The summed E-state index contributed by atoms with van der Waals surface area (Å²) < 4.78 is 39.3. The number of halogens is 3. The molecule has 0 aliphatic heterocycles. The molecule has 7 heteroatoms. The first-order valence-corrected chi connectivity index (χ1v) is 7.67. The molecule has 0 aliphatic rings. The third kappa shape index (κ3) is 4.50. The number of rotatable bonds is 5. The number of thioether (sulfide) groups is 1. The molecule has 1 amide bonds. The van der Waals surface area contributed by atoms with Gasteiger partial charge in [-0.1, -0.05) is 12.1 Å². The summed E-state index contributed by atoms with van der Waals surface area (Å²) in [7, 11) is 0. The SMILES string of the molecule is N#Cc1cccc(CSCC(=O)Nc2ccc(F)c(F)c2F)c1. The molecule has 0 saturated carbocycles. The Balaban J connectivity index is 1.88. The van der Waals surface area contributed by atoms with Gasteiger partial charge in [0.05, 0.1) is 23.1 Å². The number of anilines is 1. The Morgan fingerprint density at radius 2 is 1.96 bits per heavy atom. The third-order valence-electron chi connectivity index (χ3n) is 2.87. The molecule has 0 fully saturated rings. The highest BCUT2D eigenvalue weighted by molar-refractivity contribution is 7.99. The lowest BCUT2D eigenvalue weighted by Gasteiger charge is -2.07. The first-order chi connectivity index (χ1) is 11.0. The summed E-state index contributed by atoms with van der Waals surface area (Å²) >= 11 is 1.25. The van der Waals surface area contributed by atoms with E-state index in [1.54, 1.807) is 18.2 Å². The number of hydrogen-bond donors (Lipinski definition) is 1. The van der Waals surface area contributed by atoms with Gasteiger partial charge in [-0.2, -0.15) is 5.26 Å². The normalized spacial score (nSPS) is 10.2. The molecule has 2 rings (SSSR count). The Kier molecular flexibility index (Phi) is 5.66. The van der Waals surface area contributed by atoms with Gasteiger partial charge in [0.25, 0.3) is 0 Å². The lowest BCUT2D eigenvalue weighted by Crippen LogP contribution is -2.16. The molecule has 1 N–H and O–H groups in total.